The lowest BCUT2D eigenvalue weighted by Crippen LogP contribution is -2.25. The van der Waals surface area contributed by atoms with E-state index in [-0.39, 0.29) is 5.91 Å². The lowest BCUT2D eigenvalue weighted by Gasteiger charge is -2.12. The zero-order valence-corrected chi connectivity index (χ0v) is 12.7. The maximum Gasteiger partial charge on any atom is 0.255 e. The van der Waals surface area contributed by atoms with E-state index >= 15 is 0 Å². The first kappa shape index (κ1) is 15.0. The SMILES string of the molecule is CCCNc1cc(C)ncc1C(=O)NCc1ccnn1C. The van der Waals surface area contributed by atoms with Crippen molar-refractivity contribution in [3.63, 3.8) is 0 Å². The number of hydrogen-bond acceptors (Lipinski definition) is 4. The Kier molecular flexibility index (Phi) is 4.92. The quantitative estimate of drug-likeness (QED) is 0.851. The summed E-state index contributed by atoms with van der Waals surface area (Å²) in [6.45, 7) is 5.26. The van der Waals surface area contributed by atoms with Gasteiger partial charge in [0.1, 0.15) is 0 Å². The molecule has 2 rings (SSSR count). The average Bonchev–Trinajstić information content (AvgIpc) is 2.88. The van der Waals surface area contributed by atoms with Crippen LogP contribution in [0.25, 0.3) is 0 Å². The fraction of sp³-hybridized carbons (Fsp3) is 0.400. The van der Waals surface area contributed by atoms with Crippen LogP contribution in [-0.4, -0.2) is 27.2 Å². The molecule has 0 aliphatic rings. The van der Waals surface area contributed by atoms with E-state index in [0.29, 0.717) is 12.1 Å². The number of anilines is 1. The van der Waals surface area contributed by atoms with Gasteiger partial charge in [0.05, 0.1) is 23.5 Å². The summed E-state index contributed by atoms with van der Waals surface area (Å²) in [5, 5.41) is 10.2. The van der Waals surface area contributed by atoms with Gasteiger partial charge in [0.2, 0.25) is 0 Å². The highest BCUT2D eigenvalue weighted by Gasteiger charge is 2.12. The molecule has 0 spiro atoms. The maximum absolute atomic E-state index is 12.3. The first-order valence-electron chi connectivity index (χ1n) is 7.07. The number of carbonyl (C=O) groups excluding carboxylic acids is 1. The Hall–Kier alpha value is -2.37. The normalized spacial score (nSPS) is 10.4. The van der Waals surface area contributed by atoms with Gasteiger partial charge in [-0.25, -0.2) is 0 Å². The largest absolute Gasteiger partial charge is 0.384 e. The van der Waals surface area contributed by atoms with Crippen LogP contribution in [0, 0.1) is 6.92 Å². The topological polar surface area (TPSA) is 71.8 Å². The van der Waals surface area contributed by atoms with E-state index in [1.807, 2.05) is 26.1 Å². The Balaban J connectivity index is 2.09. The number of nitrogens with one attached hydrogen (secondary N) is 2. The van der Waals surface area contributed by atoms with Crippen LogP contribution in [0.3, 0.4) is 0 Å². The first-order valence-corrected chi connectivity index (χ1v) is 7.07. The molecular formula is C15H21N5O. The molecule has 0 aliphatic heterocycles. The lowest BCUT2D eigenvalue weighted by molar-refractivity contribution is 0.0950. The monoisotopic (exact) mass is 287 g/mol. The van der Waals surface area contributed by atoms with Crippen molar-refractivity contribution in [2.24, 2.45) is 7.05 Å². The highest BCUT2D eigenvalue weighted by atomic mass is 16.1. The molecule has 0 saturated carbocycles. The summed E-state index contributed by atoms with van der Waals surface area (Å²) in [6, 6.07) is 3.78. The van der Waals surface area contributed by atoms with Crippen molar-refractivity contribution in [3.8, 4) is 0 Å². The molecule has 0 radical (unpaired) electrons. The lowest BCUT2D eigenvalue weighted by atomic mass is 10.2. The summed E-state index contributed by atoms with van der Waals surface area (Å²) in [6.07, 6.45) is 4.33. The van der Waals surface area contributed by atoms with Crippen LogP contribution in [0.5, 0.6) is 0 Å². The Morgan fingerprint density at radius 2 is 2.24 bits per heavy atom. The van der Waals surface area contributed by atoms with Crippen LogP contribution in [0.1, 0.15) is 35.1 Å². The van der Waals surface area contributed by atoms with Gasteiger partial charge in [-0.3, -0.25) is 14.5 Å². The predicted octanol–water partition coefficient (Wildman–Crippen LogP) is 1.88. The van der Waals surface area contributed by atoms with E-state index < -0.39 is 0 Å². The fourth-order valence-electron chi connectivity index (χ4n) is 1.99. The van der Waals surface area contributed by atoms with Crippen molar-refractivity contribution in [1.29, 1.82) is 0 Å². The predicted molar refractivity (Wildman–Crippen MR) is 82.1 cm³/mol. The third kappa shape index (κ3) is 3.81. The van der Waals surface area contributed by atoms with Gasteiger partial charge >= 0.3 is 0 Å². The summed E-state index contributed by atoms with van der Waals surface area (Å²) in [5.74, 6) is -0.137. The van der Waals surface area contributed by atoms with Crippen LogP contribution in [0.15, 0.2) is 24.5 Å². The van der Waals surface area contributed by atoms with Gasteiger partial charge in [-0.15, -0.1) is 0 Å². The zero-order chi connectivity index (χ0) is 15.2. The molecule has 2 aromatic heterocycles. The number of amides is 1. The number of hydrogen-bond donors (Lipinski definition) is 2. The molecule has 1 amide bonds. The van der Waals surface area contributed by atoms with Gasteiger partial charge < -0.3 is 10.6 Å². The van der Waals surface area contributed by atoms with Crippen molar-refractivity contribution in [3.05, 3.63) is 41.5 Å². The summed E-state index contributed by atoms with van der Waals surface area (Å²) >= 11 is 0. The molecule has 0 bridgehead atoms. The Morgan fingerprint density at radius 3 is 2.90 bits per heavy atom. The van der Waals surface area contributed by atoms with Crippen LogP contribution in [0.4, 0.5) is 5.69 Å². The molecule has 0 aromatic carbocycles. The highest BCUT2D eigenvalue weighted by molar-refractivity contribution is 5.99. The maximum atomic E-state index is 12.3. The summed E-state index contributed by atoms with van der Waals surface area (Å²) < 4.78 is 1.74. The molecule has 112 valence electrons. The van der Waals surface area contributed by atoms with E-state index in [4.69, 9.17) is 0 Å². The van der Waals surface area contributed by atoms with Crippen LogP contribution >= 0.6 is 0 Å². The molecule has 0 fully saturated rings. The average molecular weight is 287 g/mol. The van der Waals surface area contributed by atoms with E-state index in [2.05, 4.69) is 27.6 Å². The molecule has 0 unspecified atom stereocenters. The van der Waals surface area contributed by atoms with E-state index in [1.54, 1.807) is 17.1 Å². The summed E-state index contributed by atoms with van der Waals surface area (Å²) in [4.78, 5) is 16.5. The Morgan fingerprint density at radius 1 is 1.43 bits per heavy atom. The van der Waals surface area contributed by atoms with Crippen molar-refractivity contribution in [1.82, 2.24) is 20.1 Å². The van der Waals surface area contributed by atoms with Crippen LogP contribution in [0.2, 0.25) is 0 Å². The van der Waals surface area contributed by atoms with Crippen molar-refractivity contribution < 1.29 is 4.79 Å². The molecule has 0 atom stereocenters. The second kappa shape index (κ2) is 6.88. The number of aryl methyl sites for hydroxylation is 2. The van der Waals surface area contributed by atoms with Crippen LogP contribution < -0.4 is 10.6 Å². The Labute approximate surface area is 124 Å². The van der Waals surface area contributed by atoms with E-state index in [1.165, 1.54) is 0 Å². The number of rotatable bonds is 6. The number of pyridine rings is 1. The van der Waals surface area contributed by atoms with Crippen molar-refractivity contribution in [2.75, 3.05) is 11.9 Å². The minimum absolute atomic E-state index is 0.137. The molecule has 0 saturated heterocycles. The molecule has 0 aliphatic carbocycles. The third-order valence-corrected chi connectivity index (χ3v) is 3.20. The fourth-order valence-corrected chi connectivity index (χ4v) is 1.99. The number of nitrogens with zero attached hydrogens (tertiary/aromatic N) is 3. The summed E-state index contributed by atoms with van der Waals surface area (Å²) in [5.41, 5.74) is 3.23. The molecule has 6 heteroatoms. The van der Waals surface area contributed by atoms with E-state index in [0.717, 1.165) is 30.0 Å². The van der Waals surface area contributed by atoms with Gasteiger partial charge in [0.25, 0.3) is 5.91 Å². The molecule has 2 aromatic rings. The first-order chi connectivity index (χ1) is 10.1. The standard InChI is InChI=1S/C15H21N5O/c1-4-6-16-14-8-11(2)17-10-13(14)15(21)18-9-12-5-7-19-20(12)3/h5,7-8,10H,4,6,9H2,1-3H3,(H,16,17)(H,18,21). The van der Waals surface area contributed by atoms with Gasteiger partial charge in [-0.1, -0.05) is 6.92 Å². The minimum atomic E-state index is -0.137. The second-order valence-corrected chi connectivity index (χ2v) is 4.93. The number of aromatic nitrogens is 3. The summed E-state index contributed by atoms with van der Waals surface area (Å²) in [7, 11) is 1.85. The molecule has 2 N–H and O–H groups in total. The highest BCUT2D eigenvalue weighted by Crippen LogP contribution is 2.16. The molecule has 21 heavy (non-hydrogen) atoms. The smallest absolute Gasteiger partial charge is 0.255 e. The van der Waals surface area contributed by atoms with Gasteiger partial charge in [-0.2, -0.15) is 5.10 Å². The van der Waals surface area contributed by atoms with E-state index in [9.17, 15) is 4.79 Å². The Bertz CT molecular complexity index is 620. The zero-order valence-electron chi connectivity index (χ0n) is 12.7. The third-order valence-electron chi connectivity index (χ3n) is 3.20. The van der Waals surface area contributed by atoms with Crippen molar-refractivity contribution >= 4 is 11.6 Å². The molecule has 6 nitrogen and oxygen atoms in total. The van der Waals surface area contributed by atoms with Gasteiger partial charge in [-0.05, 0) is 25.5 Å². The van der Waals surface area contributed by atoms with Crippen LogP contribution in [-0.2, 0) is 13.6 Å². The van der Waals surface area contributed by atoms with Gasteiger partial charge in [0.15, 0.2) is 0 Å². The minimum Gasteiger partial charge on any atom is -0.384 e. The molecule has 2 heterocycles. The van der Waals surface area contributed by atoms with Gasteiger partial charge in [0, 0.05) is 31.7 Å². The molecular weight excluding hydrogens is 266 g/mol. The number of carbonyl (C=O) groups is 1. The second-order valence-electron chi connectivity index (χ2n) is 4.93. The van der Waals surface area contributed by atoms with Crippen molar-refractivity contribution in [2.45, 2.75) is 26.8 Å².